The summed E-state index contributed by atoms with van der Waals surface area (Å²) in [6.07, 6.45) is 2.02. The van der Waals surface area contributed by atoms with Crippen LogP contribution in [0.1, 0.15) is 6.92 Å². The molecule has 0 aliphatic carbocycles. The number of rotatable bonds is 1. The van der Waals surface area contributed by atoms with Crippen molar-refractivity contribution in [3.63, 3.8) is 0 Å². The number of hydrogen-bond acceptors (Lipinski definition) is 2. The maximum atomic E-state index is 9.11. The van der Waals surface area contributed by atoms with E-state index in [9.17, 15) is 0 Å². The van der Waals surface area contributed by atoms with Crippen molar-refractivity contribution in [2.75, 3.05) is 0 Å². The average Bonchev–Trinajstić information content (AvgIpc) is 1.61. The Balaban J connectivity index is 3.00. The van der Waals surface area contributed by atoms with Gasteiger partial charge in [-0.1, -0.05) is 5.92 Å². The molecule has 0 rings (SSSR count). The maximum absolute atomic E-state index is 9.11. The molecule has 0 unspecified atom stereocenters. The number of carbonyl (C=O) groups excluding carboxylic acids is 1. The van der Waals surface area contributed by atoms with Gasteiger partial charge in [0.15, 0.2) is 0 Å². The topological polar surface area (TPSA) is 26.3 Å². The van der Waals surface area contributed by atoms with Crippen LogP contribution in [0.3, 0.4) is 0 Å². The minimum absolute atomic E-state index is 1.14. The first-order valence-corrected chi connectivity index (χ1v) is 1.36. The SMILES string of the molecule is CC#CO[C]=O. The first kappa shape index (κ1) is 5.03. The molecule has 0 N–H and O–H groups in total. The van der Waals surface area contributed by atoms with Crippen LogP contribution < -0.4 is 0 Å². The maximum Gasteiger partial charge on any atom is 0.432 e. The molecule has 0 amide bonds. The molecule has 0 heterocycles. The second-order valence-electron chi connectivity index (χ2n) is 0.537. The van der Waals surface area contributed by atoms with Crippen molar-refractivity contribution in [1.82, 2.24) is 0 Å². The van der Waals surface area contributed by atoms with Crippen molar-refractivity contribution in [2.24, 2.45) is 0 Å². The van der Waals surface area contributed by atoms with Crippen LogP contribution >= 0.6 is 0 Å². The van der Waals surface area contributed by atoms with Gasteiger partial charge in [-0.2, -0.15) is 0 Å². The standard InChI is InChI=1S/C4H3O2/c1-2-3-6-4-5/h1H3. The summed E-state index contributed by atoms with van der Waals surface area (Å²) >= 11 is 0. The molecule has 0 aliphatic rings. The van der Waals surface area contributed by atoms with Crippen molar-refractivity contribution in [3.8, 4) is 12.0 Å². The Morgan fingerprint density at radius 3 is 2.50 bits per heavy atom. The molecule has 2 heteroatoms. The van der Waals surface area contributed by atoms with E-state index in [2.05, 4.69) is 10.7 Å². The molecule has 6 heavy (non-hydrogen) atoms. The summed E-state index contributed by atoms with van der Waals surface area (Å²) < 4.78 is 3.82. The molecular formula is C4H3O2. The molecule has 0 atom stereocenters. The molecule has 0 bridgehead atoms. The molecule has 31 valence electrons. The summed E-state index contributed by atoms with van der Waals surface area (Å²) in [6.45, 7) is 2.71. The average molecular weight is 83.1 g/mol. The zero-order valence-corrected chi connectivity index (χ0v) is 3.32. The molecule has 0 saturated carbocycles. The summed E-state index contributed by atoms with van der Waals surface area (Å²) in [5.74, 6) is 2.33. The fraction of sp³-hybridized carbons (Fsp3) is 0.250. The van der Waals surface area contributed by atoms with E-state index in [0.29, 0.717) is 0 Å². The van der Waals surface area contributed by atoms with Crippen molar-refractivity contribution >= 4 is 6.47 Å². The number of ether oxygens (including phenoxy) is 1. The van der Waals surface area contributed by atoms with Crippen LogP contribution in [-0.4, -0.2) is 6.47 Å². The Bertz CT molecular complexity index is 85.5. The lowest BCUT2D eigenvalue weighted by atomic mass is 10.8. The van der Waals surface area contributed by atoms with Gasteiger partial charge < -0.3 is 4.74 Å². The second-order valence-corrected chi connectivity index (χ2v) is 0.537. The second kappa shape index (κ2) is 4.03. The van der Waals surface area contributed by atoms with Gasteiger partial charge in [0.1, 0.15) is 6.11 Å². The third kappa shape index (κ3) is 3.03. The van der Waals surface area contributed by atoms with Gasteiger partial charge in [-0.3, -0.25) is 0 Å². The van der Waals surface area contributed by atoms with Crippen LogP contribution in [0.4, 0.5) is 0 Å². The van der Waals surface area contributed by atoms with E-state index in [4.69, 9.17) is 4.79 Å². The largest absolute Gasteiger partial charge is 0.432 e. The van der Waals surface area contributed by atoms with Gasteiger partial charge in [0.2, 0.25) is 0 Å². The summed E-state index contributed by atoms with van der Waals surface area (Å²) in [5.41, 5.74) is 0. The minimum Gasteiger partial charge on any atom is -0.364 e. The molecule has 2 nitrogen and oxygen atoms in total. The van der Waals surface area contributed by atoms with Crippen molar-refractivity contribution in [2.45, 2.75) is 6.92 Å². The fourth-order valence-electron chi connectivity index (χ4n) is 0.0719. The number of hydrogen-bond donors (Lipinski definition) is 0. The molecular weight excluding hydrogens is 80.0 g/mol. The van der Waals surface area contributed by atoms with Crippen LogP contribution in [-0.2, 0) is 9.53 Å². The van der Waals surface area contributed by atoms with E-state index in [-0.39, 0.29) is 0 Å². The highest BCUT2D eigenvalue weighted by Gasteiger charge is 1.61. The first-order chi connectivity index (χ1) is 2.91. The lowest BCUT2D eigenvalue weighted by Gasteiger charge is -1.65. The molecule has 1 radical (unpaired) electrons. The third-order valence-corrected chi connectivity index (χ3v) is 0.195. The minimum atomic E-state index is 1.14. The van der Waals surface area contributed by atoms with Gasteiger partial charge in [-0.15, -0.1) is 0 Å². The molecule has 0 aromatic rings. The van der Waals surface area contributed by atoms with Gasteiger partial charge in [-0.05, 0) is 0 Å². The van der Waals surface area contributed by atoms with Crippen LogP contribution in [0, 0.1) is 12.0 Å². The van der Waals surface area contributed by atoms with Crippen molar-refractivity contribution in [3.05, 3.63) is 0 Å². The van der Waals surface area contributed by atoms with Crippen molar-refractivity contribution < 1.29 is 9.53 Å². The van der Waals surface area contributed by atoms with Gasteiger partial charge in [0.25, 0.3) is 0 Å². The Hall–Kier alpha value is -0.970. The molecule has 0 spiro atoms. The molecule has 0 saturated heterocycles. The van der Waals surface area contributed by atoms with Gasteiger partial charge in [-0.25, -0.2) is 4.79 Å². The first-order valence-electron chi connectivity index (χ1n) is 1.36. The zero-order chi connectivity index (χ0) is 4.83. The monoisotopic (exact) mass is 83.0 g/mol. The van der Waals surface area contributed by atoms with E-state index in [0.717, 1.165) is 6.47 Å². The van der Waals surface area contributed by atoms with Gasteiger partial charge in [0.05, 0.1) is 0 Å². The van der Waals surface area contributed by atoms with Crippen molar-refractivity contribution in [1.29, 1.82) is 0 Å². The summed E-state index contributed by atoms with van der Waals surface area (Å²) in [5, 5.41) is 0. The predicted octanol–water partition coefficient (Wildman–Crippen LogP) is 0.0510. The van der Waals surface area contributed by atoms with Crippen LogP contribution in [0.15, 0.2) is 0 Å². The normalized spacial score (nSPS) is 4.83. The third-order valence-electron chi connectivity index (χ3n) is 0.195. The fourth-order valence-corrected chi connectivity index (χ4v) is 0.0719. The Morgan fingerprint density at radius 2 is 2.33 bits per heavy atom. The molecule has 0 fully saturated rings. The zero-order valence-electron chi connectivity index (χ0n) is 3.32. The smallest absolute Gasteiger partial charge is 0.364 e. The van der Waals surface area contributed by atoms with E-state index < -0.39 is 0 Å². The van der Waals surface area contributed by atoms with E-state index in [1.165, 1.54) is 0 Å². The summed E-state index contributed by atoms with van der Waals surface area (Å²) in [4.78, 5) is 9.11. The van der Waals surface area contributed by atoms with E-state index in [1.54, 1.807) is 6.92 Å². The highest BCUT2D eigenvalue weighted by molar-refractivity contribution is 5.40. The highest BCUT2D eigenvalue weighted by Crippen LogP contribution is 1.52. The van der Waals surface area contributed by atoms with Crippen LogP contribution in [0.2, 0.25) is 0 Å². The van der Waals surface area contributed by atoms with E-state index >= 15 is 0 Å². The Morgan fingerprint density at radius 1 is 1.67 bits per heavy atom. The summed E-state index contributed by atoms with van der Waals surface area (Å²) in [6, 6.07) is 0. The Kier molecular flexibility index (Phi) is 3.38. The van der Waals surface area contributed by atoms with Crippen LogP contribution in [0.25, 0.3) is 0 Å². The summed E-state index contributed by atoms with van der Waals surface area (Å²) in [7, 11) is 0. The molecule has 0 aromatic heterocycles. The lowest BCUT2D eigenvalue weighted by Crippen LogP contribution is -1.69. The molecule has 0 aliphatic heterocycles. The molecule has 0 aromatic carbocycles. The lowest BCUT2D eigenvalue weighted by molar-refractivity contribution is 0.420. The van der Waals surface area contributed by atoms with Gasteiger partial charge in [0, 0.05) is 6.92 Å². The Labute approximate surface area is 36.1 Å². The van der Waals surface area contributed by atoms with Gasteiger partial charge >= 0.3 is 6.47 Å². The van der Waals surface area contributed by atoms with E-state index in [1.807, 2.05) is 6.11 Å². The highest BCUT2D eigenvalue weighted by atomic mass is 16.5. The quantitative estimate of drug-likeness (QED) is 0.419. The van der Waals surface area contributed by atoms with Crippen LogP contribution in [0.5, 0.6) is 0 Å². The predicted molar refractivity (Wildman–Crippen MR) is 20.2 cm³/mol.